The molecule has 1 aliphatic carbocycles. The summed E-state index contributed by atoms with van der Waals surface area (Å²) in [6, 6.07) is 38.8. The van der Waals surface area contributed by atoms with E-state index in [1.807, 2.05) is 42.5 Å². The summed E-state index contributed by atoms with van der Waals surface area (Å²) >= 11 is 0. The van der Waals surface area contributed by atoms with Gasteiger partial charge in [0.2, 0.25) is 5.88 Å². The van der Waals surface area contributed by atoms with E-state index in [1.54, 1.807) is 6.92 Å². The molecule has 1 aliphatic heterocycles. The average Bonchev–Trinajstić information content (AvgIpc) is 3.47. The lowest BCUT2D eigenvalue weighted by atomic mass is 9.63. The normalized spacial score (nSPS) is 25.5. The van der Waals surface area contributed by atoms with Crippen LogP contribution in [0.5, 0.6) is 5.88 Å². The van der Waals surface area contributed by atoms with E-state index in [-0.39, 0.29) is 5.88 Å². The van der Waals surface area contributed by atoms with Gasteiger partial charge in [0.25, 0.3) is 0 Å². The van der Waals surface area contributed by atoms with Gasteiger partial charge in [0, 0.05) is 35.8 Å². The maximum absolute atomic E-state index is 11.6. The third-order valence-electron chi connectivity index (χ3n) is 9.39. The van der Waals surface area contributed by atoms with Gasteiger partial charge in [-0.2, -0.15) is 5.10 Å². The molecule has 3 atom stereocenters. The highest BCUT2D eigenvalue weighted by Gasteiger charge is 2.54. The summed E-state index contributed by atoms with van der Waals surface area (Å²) in [5.74, 6) is -1.24. The second kappa shape index (κ2) is 10.6. The number of benzene rings is 4. The lowest BCUT2D eigenvalue weighted by Crippen LogP contribution is -2.53. The van der Waals surface area contributed by atoms with E-state index in [2.05, 4.69) is 95.9 Å². The second-order valence-electron chi connectivity index (χ2n) is 11.7. The van der Waals surface area contributed by atoms with Crippen molar-refractivity contribution in [1.29, 1.82) is 0 Å². The van der Waals surface area contributed by atoms with Crippen LogP contribution in [0.3, 0.4) is 0 Å². The minimum absolute atomic E-state index is 0.0500. The molecule has 0 saturated heterocycles. The highest BCUT2D eigenvalue weighted by atomic mass is 16.3. The van der Waals surface area contributed by atoms with Crippen molar-refractivity contribution >= 4 is 5.69 Å². The van der Waals surface area contributed by atoms with Crippen molar-refractivity contribution in [1.82, 2.24) is 9.78 Å². The zero-order valence-electron chi connectivity index (χ0n) is 24.2. The first-order valence-electron chi connectivity index (χ1n) is 14.8. The van der Waals surface area contributed by atoms with Gasteiger partial charge in [0.05, 0.1) is 29.0 Å². The molecule has 2 aliphatic rings. The number of nitrogens with zero attached hydrogens (tertiary/aromatic N) is 3. The van der Waals surface area contributed by atoms with Crippen LogP contribution < -0.4 is 4.90 Å². The van der Waals surface area contributed by atoms with Crippen LogP contribution in [0.15, 0.2) is 127 Å². The maximum Gasteiger partial charge on any atom is 0.218 e. The lowest BCUT2D eigenvalue weighted by molar-refractivity contribution is -0.0955. The molecular weight excluding hydrogens is 534 g/mol. The first-order valence-corrected chi connectivity index (χ1v) is 14.8. The topological polar surface area (TPSA) is 81.8 Å². The fourth-order valence-corrected chi connectivity index (χ4v) is 7.28. The number of aryl methyl sites for hydroxylation is 1. The van der Waals surface area contributed by atoms with Crippen LogP contribution >= 0.6 is 0 Å². The Balaban J connectivity index is 1.32. The molecule has 5 aromatic rings. The zero-order valence-corrected chi connectivity index (χ0v) is 24.2. The molecule has 3 N–H and O–H groups in total. The lowest BCUT2D eigenvalue weighted by Gasteiger charge is -2.46. The van der Waals surface area contributed by atoms with Crippen molar-refractivity contribution in [2.75, 3.05) is 11.9 Å². The Bertz CT molecular complexity index is 1770. The number of aromatic nitrogens is 2. The Morgan fingerprint density at radius 3 is 2.05 bits per heavy atom. The smallest absolute Gasteiger partial charge is 0.218 e. The number of aliphatic hydroxyl groups is 2. The molecule has 0 radical (unpaired) electrons. The van der Waals surface area contributed by atoms with Crippen LogP contribution in [-0.4, -0.2) is 44.4 Å². The number of fused-ring (bicyclic) bond motifs is 1. The van der Waals surface area contributed by atoms with E-state index in [9.17, 15) is 15.3 Å². The molecule has 0 amide bonds. The van der Waals surface area contributed by atoms with E-state index in [0.29, 0.717) is 11.3 Å². The number of hydrogen-bond acceptors (Lipinski definition) is 5. The third-order valence-corrected chi connectivity index (χ3v) is 9.39. The summed E-state index contributed by atoms with van der Waals surface area (Å²) in [6.07, 6.45) is 0.984. The standard InChI is InChI=1S/C37H35N3O3/c1-24-32(36(43)40(38-24)27-18-10-5-11-19-27)33-34(41)28(35(33)42)22-31-37(26-16-8-4-9-17-26,23-25-14-6-3-7-15-25)29-20-12-13-21-30(29)39(31)2/h3-22,28,33-35,41-43H,23H2,1-2H3/b31-22+. The molecule has 7 rings (SSSR count). The van der Waals surface area contributed by atoms with Crippen LogP contribution in [0.1, 0.15) is 33.9 Å². The zero-order chi connectivity index (χ0) is 29.7. The Hall–Kier alpha value is -4.65. The summed E-state index contributed by atoms with van der Waals surface area (Å²) < 4.78 is 1.47. The molecule has 43 heavy (non-hydrogen) atoms. The fraction of sp³-hybridized carbons (Fsp3) is 0.216. The predicted octanol–water partition coefficient (Wildman–Crippen LogP) is 5.88. The first kappa shape index (κ1) is 27.2. The van der Waals surface area contributed by atoms with Crippen LogP contribution in [0, 0.1) is 12.8 Å². The Morgan fingerprint density at radius 2 is 1.37 bits per heavy atom. The molecular formula is C37H35N3O3. The minimum atomic E-state index is -0.900. The van der Waals surface area contributed by atoms with E-state index in [1.165, 1.54) is 15.8 Å². The molecule has 1 fully saturated rings. The molecule has 0 bridgehead atoms. The van der Waals surface area contributed by atoms with Crippen LogP contribution in [-0.2, 0) is 11.8 Å². The Labute approximate surface area is 251 Å². The number of rotatable bonds is 6. The van der Waals surface area contributed by atoms with Gasteiger partial charge in [0.15, 0.2) is 0 Å². The summed E-state index contributed by atoms with van der Waals surface area (Å²) in [5.41, 5.74) is 6.92. The predicted molar refractivity (Wildman–Crippen MR) is 169 cm³/mol. The maximum atomic E-state index is 11.6. The molecule has 1 saturated carbocycles. The Kier molecular flexibility index (Phi) is 6.68. The third kappa shape index (κ3) is 4.21. The van der Waals surface area contributed by atoms with Crippen LogP contribution in [0.2, 0.25) is 0 Å². The van der Waals surface area contributed by atoms with Gasteiger partial charge in [-0.3, -0.25) is 0 Å². The second-order valence-corrected chi connectivity index (χ2v) is 11.7. The number of likely N-dealkylation sites (N-methyl/N-ethyl adjacent to an activating group) is 1. The minimum Gasteiger partial charge on any atom is -0.493 e. The molecule has 0 spiro atoms. The number of hydrogen-bond donors (Lipinski definition) is 3. The molecule has 1 aromatic heterocycles. The van der Waals surface area contributed by atoms with Crippen molar-refractivity contribution in [2.24, 2.45) is 5.92 Å². The van der Waals surface area contributed by atoms with Crippen molar-refractivity contribution in [3.8, 4) is 11.6 Å². The summed E-state index contributed by atoms with van der Waals surface area (Å²) in [5, 5.41) is 39.1. The highest BCUT2D eigenvalue weighted by molar-refractivity contribution is 5.75. The summed E-state index contributed by atoms with van der Waals surface area (Å²) in [6.45, 7) is 1.81. The number of aliphatic hydroxyl groups excluding tert-OH is 2. The SMILES string of the molecule is Cc1nn(-c2ccccc2)c(O)c1C1C(O)C(/C=C2/N(C)c3ccccc3C2(Cc2ccccc2)c2ccccc2)C1O. The molecule has 3 unspecified atom stereocenters. The molecule has 6 heteroatoms. The first-order chi connectivity index (χ1) is 20.9. The number of para-hydroxylation sites is 2. The van der Waals surface area contributed by atoms with Crippen molar-refractivity contribution in [2.45, 2.75) is 36.9 Å². The van der Waals surface area contributed by atoms with Gasteiger partial charge in [-0.25, -0.2) is 4.68 Å². The molecule has 6 nitrogen and oxygen atoms in total. The quantitative estimate of drug-likeness (QED) is 0.238. The monoisotopic (exact) mass is 569 g/mol. The van der Waals surface area contributed by atoms with Gasteiger partial charge in [-0.15, -0.1) is 0 Å². The molecule has 216 valence electrons. The van der Waals surface area contributed by atoms with Gasteiger partial charge in [0.1, 0.15) is 0 Å². The van der Waals surface area contributed by atoms with Crippen molar-refractivity contribution in [3.05, 3.63) is 155 Å². The van der Waals surface area contributed by atoms with E-state index in [0.717, 1.165) is 29.1 Å². The van der Waals surface area contributed by atoms with Crippen molar-refractivity contribution < 1.29 is 15.3 Å². The Morgan fingerprint density at radius 1 is 0.791 bits per heavy atom. The van der Waals surface area contributed by atoms with Gasteiger partial charge >= 0.3 is 0 Å². The van der Waals surface area contributed by atoms with Gasteiger partial charge in [-0.05, 0) is 48.2 Å². The van der Waals surface area contributed by atoms with Crippen LogP contribution in [0.25, 0.3) is 5.69 Å². The molecule has 4 aromatic carbocycles. The van der Waals surface area contributed by atoms with E-state index < -0.39 is 29.5 Å². The summed E-state index contributed by atoms with van der Waals surface area (Å²) in [4.78, 5) is 2.20. The largest absolute Gasteiger partial charge is 0.493 e. The fourth-order valence-electron chi connectivity index (χ4n) is 7.28. The number of anilines is 1. The number of allylic oxidation sites excluding steroid dienone is 1. The summed E-state index contributed by atoms with van der Waals surface area (Å²) in [7, 11) is 2.06. The van der Waals surface area contributed by atoms with Crippen molar-refractivity contribution in [3.63, 3.8) is 0 Å². The van der Waals surface area contributed by atoms with Gasteiger partial charge in [-0.1, -0.05) is 103 Å². The molecule has 2 heterocycles. The van der Waals surface area contributed by atoms with E-state index >= 15 is 0 Å². The average molecular weight is 570 g/mol. The van der Waals surface area contributed by atoms with E-state index in [4.69, 9.17) is 0 Å². The highest BCUT2D eigenvalue weighted by Crippen LogP contribution is 2.55. The van der Waals surface area contributed by atoms with Gasteiger partial charge < -0.3 is 20.2 Å². The van der Waals surface area contributed by atoms with Crippen LogP contribution in [0.4, 0.5) is 5.69 Å². The number of aromatic hydroxyl groups is 1.